The molecule has 0 aliphatic carbocycles. The van der Waals surface area contributed by atoms with Crippen LogP contribution in [0.3, 0.4) is 0 Å². The van der Waals surface area contributed by atoms with Gasteiger partial charge >= 0.3 is 0 Å². The van der Waals surface area contributed by atoms with Crippen molar-refractivity contribution in [3.8, 4) is 0 Å². The van der Waals surface area contributed by atoms with E-state index in [0.29, 0.717) is 0 Å². The van der Waals surface area contributed by atoms with Crippen LogP contribution in [0.2, 0.25) is 0 Å². The van der Waals surface area contributed by atoms with E-state index in [0.717, 1.165) is 0 Å². The Hall–Kier alpha value is -0.720. The zero-order valence-corrected chi connectivity index (χ0v) is 8.27. The molecule has 0 radical (unpaired) electrons. The zero-order chi connectivity index (χ0) is 8.97. The summed E-state index contributed by atoms with van der Waals surface area (Å²) in [7, 11) is 2.19. The summed E-state index contributed by atoms with van der Waals surface area (Å²) in [6.45, 7) is 7.31. The van der Waals surface area contributed by atoms with Crippen LogP contribution in [0, 0.1) is 0 Å². The highest BCUT2D eigenvalue weighted by Crippen LogP contribution is 2.24. The molecule has 0 saturated carbocycles. The van der Waals surface area contributed by atoms with Gasteiger partial charge in [-0.15, -0.1) is 0 Å². The van der Waals surface area contributed by atoms with Crippen molar-refractivity contribution in [3.05, 3.63) is 23.9 Å². The first kappa shape index (κ1) is 9.37. The van der Waals surface area contributed by atoms with Crippen molar-refractivity contribution < 1.29 is 0 Å². The third-order valence-electron chi connectivity index (χ3n) is 2.50. The Morgan fingerprint density at radius 2 is 2.33 bits per heavy atom. The van der Waals surface area contributed by atoms with Crippen LogP contribution in [0.25, 0.3) is 0 Å². The standard InChI is InChI=1S/C11H19N/c1-4-7-11-10(5-2)8-6-9-12(11)3/h5H,2,4,6-9H2,1,3H3. The van der Waals surface area contributed by atoms with Crippen LogP contribution in [-0.2, 0) is 0 Å². The van der Waals surface area contributed by atoms with Crippen LogP contribution in [0.1, 0.15) is 32.6 Å². The van der Waals surface area contributed by atoms with Gasteiger partial charge in [-0.05, 0) is 24.8 Å². The fourth-order valence-corrected chi connectivity index (χ4v) is 1.84. The summed E-state index contributed by atoms with van der Waals surface area (Å²) in [4.78, 5) is 2.38. The maximum absolute atomic E-state index is 3.87. The Kier molecular flexibility index (Phi) is 3.39. The molecule has 1 aliphatic heterocycles. The lowest BCUT2D eigenvalue weighted by Gasteiger charge is -2.29. The monoisotopic (exact) mass is 165 g/mol. The molecule has 0 aromatic heterocycles. The summed E-state index contributed by atoms with van der Waals surface area (Å²) in [5.74, 6) is 0. The second kappa shape index (κ2) is 4.34. The minimum atomic E-state index is 1.21. The first-order chi connectivity index (χ1) is 5.79. The summed E-state index contributed by atoms with van der Waals surface area (Å²) < 4.78 is 0. The van der Waals surface area contributed by atoms with E-state index in [9.17, 15) is 0 Å². The highest BCUT2D eigenvalue weighted by atomic mass is 15.1. The van der Waals surface area contributed by atoms with Crippen LogP contribution >= 0.6 is 0 Å². The van der Waals surface area contributed by atoms with Crippen LogP contribution in [0.4, 0.5) is 0 Å². The number of rotatable bonds is 3. The fraction of sp³-hybridized carbons (Fsp3) is 0.636. The van der Waals surface area contributed by atoms with E-state index in [4.69, 9.17) is 0 Å². The highest BCUT2D eigenvalue weighted by molar-refractivity contribution is 5.25. The molecule has 0 saturated heterocycles. The molecular weight excluding hydrogens is 146 g/mol. The molecule has 1 heterocycles. The quantitative estimate of drug-likeness (QED) is 0.621. The molecule has 0 spiro atoms. The van der Waals surface area contributed by atoms with E-state index >= 15 is 0 Å². The lowest BCUT2D eigenvalue weighted by molar-refractivity contribution is 0.365. The average molecular weight is 165 g/mol. The van der Waals surface area contributed by atoms with Gasteiger partial charge in [0.05, 0.1) is 0 Å². The van der Waals surface area contributed by atoms with Crippen molar-refractivity contribution in [2.45, 2.75) is 32.6 Å². The van der Waals surface area contributed by atoms with Gasteiger partial charge in [0.25, 0.3) is 0 Å². The van der Waals surface area contributed by atoms with Crippen molar-refractivity contribution in [1.29, 1.82) is 0 Å². The van der Waals surface area contributed by atoms with Gasteiger partial charge in [-0.25, -0.2) is 0 Å². The summed E-state index contributed by atoms with van der Waals surface area (Å²) in [6.07, 6.45) is 6.98. The summed E-state index contributed by atoms with van der Waals surface area (Å²) >= 11 is 0. The summed E-state index contributed by atoms with van der Waals surface area (Å²) in [6, 6.07) is 0. The van der Waals surface area contributed by atoms with Gasteiger partial charge in [0.15, 0.2) is 0 Å². The molecule has 0 fully saturated rings. The predicted molar refractivity (Wildman–Crippen MR) is 54.0 cm³/mol. The molecule has 1 aliphatic rings. The Morgan fingerprint density at radius 1 is 1.58 bits per heavy atom. The molecule has 12 heavy (non-hydrogen) atoms. The molecule has 68 valence electrons. The van der Waals surface area contributed by atoms with E-state index in [1.807, 2.05) is 6.08 Å². The number of hydrogen-bond donors (Lipinski definition) is 0. The highest BCUT2D eigenvalue weighted by Gasteiger charge is 2.13. The lowest BCUT2D eigenvalue weighted by atomic mass is 10.00. The normalized spacial score (nSPS) is 18.3. The molecular formula is C11H19N. The molecule has 0 aromatic carbocycles. The third-order valence-corrected chi connectivity index (χ3v) is 2.50. The molecule has 0 amide bonds. The van der Waals surface area contributed by atoms with Gasteiger partial charge in [0.1, 0.15) is 0 Å². The Balaban J connectivity index is 2.79. The summed E-state index contributed by atoms with van der Waals surface area (Å²) in [5.41, 5.74) is 2.98. The molecule has 0 N–H and O–H groups in total. The van der Waals surface area contributed by atoms with Crippen molar-refractivity contribution in [2.75, 3.05) is 13.6 Å². The Morgan fingerprint density at radius 3 is 2.92 bits per heavy atom. The first-order valence-electron chi connectivity index (χ1n) is 4.85. The van der Waals surface area contributed by atoms with Crippen molar-refractivity contribution in [1.82, 2.24) is 4.90 Å². The largest absolute Gasteiger partial charge is 0.378 e. The van der Waals surface area contributed by atoms with Gasteiger partial charge in [-0.2, -0.15) is 0 Å². The summed E-state index contributed by atoms with van der Waals surface area (Å²) in [5, 5.41) is 0. The van der Waals surface area contributed by atoms with Crippen molar-refractivity contribution >= 4 is 0 Å². The van der Waals surface area contributed by atoms with E-state index in [1.54, 1.807) is 0 Å². The van der Waals surface area contributed by atoms with Crippen molar-refractivity contribution in [2.24, 2.45) is 0 Å². The molecule has 0 bridgehead atoms. The van der Waals surface area contributed by atoms with Gasteiger partial charge in [-0.1, -0.05) is 26.0 Å². The minimum absolute atomic E-state index is 1.21. The second-order valence-corrected chi connectivity index (χ2v) is 3.45. The van der Waals surface area contributed by atoms with E-state index in [2.05, 4.69) is 25.5 Å². The SMILES string of the molecule is C=CC1=C(CCC)N(C)CCC1. The molecule has 1 rings (SSSR count). The van der Waals surface area contributed by atoms with Gasteiger partial charge in [0, 0.05) is 19.3 Å². The van der Waals surface area contributed by atoms with E-state index in [1.165, 1.54) is 43.5 Å². The molecule has 1 nitrogen and oxygen atoms in total. The number of allylic oxidation sites excluding steroid dienone is 3. The fourth-order valence-electron chi connectivity index (χ4n) is 1.84. The smallest absolute Gasteiger partial charge is 0.0175 e. The maximum Gasteiger partial charge on any atom is 0.0175 e. The molecule has 0 aromatic rings. The van der Waals surface area contributed by atoms with Crippen LogP contribution in [-0.4, -0.2) is 18.5 Å². The van der Waals surface area contributed by atoms with E-state index < -0.39 is 0 Å². The number of hydrogen-bond acceptors (Lipinski definition) is 1. The van der Waals surface area contributed by atoms with E-state index in [-0.39, 0.29) is 0 Å². The maximum atomic E-state index is 3.87. The minimum Gasteiger partial charge on any atom is -0.378 e. The van der Waals surface area contributed by atoms with Gasteiger partial charge in [-0.3, -0.25) is 0 Å². The lowest BCUT2D eigenvalue weighted by Crippen LogP contribution is -2.24. The zero-order valence-electron chi connectivity index (χ0n) is 8.27. The third kappa shape index (κ3) is 1.90. The Bertz CT molecular complexity index is 191. The molecule has 0 atom stereocenters. The van der Waals surface area contributed by atoms with Gasteiger partial charge in [0.2, 0.25) is 0 Å². The number of nitrogens with zero attached hydrogens (tertiary/aromatic N) is 1. The second-order valence-electron chi connectivity index (χ2n) is 3.45. The Labute approximate surface area is 75.8 Å². The molecule has 1 heteroatoms. The van der Waals surface area contributed by atoms with Gasteiger partial charge < -0.3 is 4.90 Å². The average Bonchev–Trinajstić information content (AvgIpc) is 2.09. The van der Waals surface area contributed by atoms with Crippen LogP contribution in [0.5, 0.6) is 0 Å². The topological polar surface area (TPSA) is 3.24 Å². The van der Waals surface area contributed by atoms with Crippen LogP contribution in [0.15, 0.2) is 23.9 Å². The van der Waals surface area contributed by atoms with Crippen molar-refractivity contribution in [3.63, 3.8) is 0 Å². The first-order valence-corrected chi connectivity index (χ1v) is 4.85. The molecule has 0 unspecified atom stereocenters. The predicted octanol–water partition coefficient (Wildman–Crippen LogP) is 2.95. The van der Waals surface area contributed by atoms with Crippen LogP contribution < -0.4 is 0 Å².